The van der Waals surface area contributed by atoms with E-state index in [1.54, 1.807) is 0 Å². The number of nitrogens with zero attached hydrogens (tertiary/aromatic N) is 7. The van der Waals surface area contributed by atoms with Gasteiger partial charge in [-0.1, -0.05) is 5.16 Å². The van der Waals surface area contributed by atoms with Gasteiger partial charge in [-0.2, -0.15) is 13.2 Å². The maximum Gasteiger partial charge on any atom is 0.362 e. The van der Waals surface area contributed by atoms with Gasteiger partial charge in [0.1, 0.15) is 17.8 Å². The minimum Gasteiger partial charge on any atom is -0.478 e. The van der Waals surface area contributed by atoms with Crippen LogP contribution in [-0.4, -0.2) is 102 Å². The molecule has 39 heavy (non-hydrogen) atoms. The summed E-state index contributed by atoms with van der Waals surface area (Å²) >= 11 is 0.969. The lowest BCUT2D eigenvalue weighted by Crippen LogP contribution is -2.73. The second kappa shape index (κ2) is 11.1. The molecule has 2 amide bonds. The van der Waals surface area contributed by atoms with E-state index in [2.05, 4.69) is 36.2 Å². The number of carbonyl (C=O) groups is 3. The summed E-state index contributed by atoms with van der Waals surface area (Å²) in [6, 6.07) is -2.80. The van der Waals surface area contributed by atoms with Gasteiger partial charge in [0.05, 0.1) is 13.1 Å². The zero-order valence-electron chi connectivity index (χ0n) is 20.1. The van der Waals surface area contributed by atoms with E-state index in [0.29, 0.717) is 13.1 Å². The summed E-state index contributed by atoms with van der Waals surface area (Å²) in [5, 5.41) is 31.6. The lowest BCUT2D eigenvalue weighted by Gasteiger charge is -2.43. The topological polar surface area (TPSA) is 283 Å². The second-order valence-electron chi connectivity index (χ2n) is 8.61. The Morgan fingerprint density at radius 1 is 1.36 bits per heavy atom. The summed E-state index contributed by atoms with van der Waals surface area (Å²) in [5.74, 6) is -3.16. The zero-order valence-corrected chi connectivity index (χ0v) is 21.8. The molecule has 19 nitrogen and oxygen atoms in total. The van der Waals surface area contributed by atoms with Crippen molar-refractivity contribution in [3.8, 4) is 0 Å². The van der Waals surface area contributed by atoms with Crippen molar-refractivity contribution in [2.75, 3.05) is 18.8 Å². The number of hydrogen-bond donors (Lipinski definition) is 6. The maximum absolute atomic E-state index is 13.1. The minimum absolute atomic E-state index is 0.0594. The smallest absolute Gasteiger partial charge is 0.362 e. The van der Waals surface area contributed by atoms with Gasteiger partial charge in [0.2, 0.25) is 5.60 Å². The van der Waals surface area contributed by atoms with Crippen LogP contribution in [0.25, 0.3) is 0 Å². The normalized spacial score (nSPS) is 20.4. The fraction of sp³-hybridized carbons (Fsp3) is 0.556. The van der Waals surface area contributed by atoms with E-state index >= 15 is 0 Å². The van der Waals surface area contributed by atoms with Crippen LogP contribution < -0.4 is 22.1 Å². The van der Waals surface area contributed by atoms with Crippen LogP contribution in [0.3, 0.4) is 0 Å². The molecule has 2 atom stereocenters. The molecule has 0 spiro atoms. The highest BCUT2D eigenvalue weighted by molar-refractivity contribution is 7.84. The minimum atomic E-state index is -5.00. The fourth-order valence-corrected chi connectivity index (χ4v) is 4.98. The molecule has 4 rings (SSSR count). The fourth-order valence-electron chi connectivity index (χ4n) is 3.56. The van der Waals surface area contributed by atoms with Crippen LogP contribution >= 0.6 is 11.3 Å². The quantitative estimate of drug-likeness (QED) is 0.0414. The molecule has 212 valence electrons. The van der Waals surface area contributed by atoms with E-state index in [1.807, 2.05) is 0 Å². The van der Waals surface area contributed by atoms with Gasteiger partial charge in [0, 0.05) is 18.2 Å². The number of hydrogen-bond acceptors (Lipinski definition) is 15. The molecule has 1 unspecified atom stereocenters. The van der Waals surface area contributed by atoms with Gasteiger partial charge in [-0.3, -0.25) is 14.1 Å². The van der Waals surface area contributed by atoms with Gasteiger partial charge >= 0.3 is 16.3 Å². The maximum atomic E-state index is 13.1. The number of oxime groups is 1. The van der Waals surface area contributed by atoms with Gasteiger partial charge < -0.3 is 32.0 Å². The third kappa shape index (κ3) is 6.27. The van der Waals surface area contributed by atoms with E-state index in [-0.39, 0.29) is 46.9 Å². The monoisotopic (exact) mass is 587 g/mol. The molecule has 3 heterocycles. The second-order valence-corrected chi connectivity index (χ2v) is 10.8. The first kappa shape index (κ1) is 28.2. The zero-order chi connectivity index (χ0) is 28.4. The molecule has 1 saturated heterocycles. The van der Waals surface area contributed by atoms with Crippen LogP contribution in [0.1, 0.15) is 30.8 Å². The number of carbonyl (C=O) groups excluding carboxylic acids is 2. The number of β-lactam (4-membered cyclic amide) rings is 1. The number of carboxylic acid groups (broad SMARTS) is 1. The van der Waals surface area contributed by atoms with Crippen LogP contribution in [0, 0.1) is 0 Å². The highest BCUT2D eigenvalue weighted by Gasteiger charge is 2.56. The molecule has 1 aliphatic carbocycles. The van der Waals surface area contributed by atoms with E-state index < -0.39 is 51.5 Å². The van der Waals surface area contributed by atoms with E-state index in [4.69, 9.17) is 16.3 Å². The number of nitrogens with one attached hydrogen (secondary N) is 2. The van der Waals surface area contributed by atoms with Gasteiger partial charge in [0.15, 0.2) is 16.7 Å². The lowest BCUT2D eigenvalue weighted by atomic mass is 9.98. The molecule has 0 bridgehead atoms. The molecule has 0 aromatic carbocycles. The average molecular weight is 588 g/mol. The van der Waals surface area contributed by atoms with Crippen LogP contribution in [0.4, 0.5) is 5.13 Å². The van der Waals surface area contributed by atoms with Crippen molar-refractivity contribution in [3.63, 3.8) is 0 Å². The Hall–Kier alpha value is -3.79. The summed E-state index contributed by atoms with van der Waals surface area (Å²) < 4.78 is 33.4. The summed E-state index contributed by atoms with van der Waals surface area (Å²) in [4.78, 5) is 47.3. The molecule has 2 aliphatic rings. The lowest BCUT2D eigenvalue weighted by molar-refractivity contribution is -0.153. The molecular weight excluding hydrogens is 562 g/mol. The number of nitrogen functional groups attached to an aromatic ring is 1. The molecule has 2 aromatic heterocycles. The van der Waals surface area contributed by atoms with Gasteiger partial charge in [-0.05, 0) is 24.7 Å². The number of aliphatic carboxylic acids is 1. The number of aromatic nitrogens is 5. The summed E-state index contributed by atoms with van der Waals surface area (Å²) in [6.07, 6.45) is 1.06. The van der Waals surface area contributed by atoms with Crippen LogP contribution in [-0.2, 0) is 42.6 Å². The Labute approximate surface area is 224 Å². The van der Waals surface area contributed by atoms with Crippen LogP contribution in [0.5, 0.6) is 0 Å². The highest BCUT2D eigenvalue weighted by atomic mass is 32.2. The number of nitrogens with two attached hydrogens (primary N) is 2. The van der Waals surface area contributed by atoms with Crippen molar-refractivity contribution < 1.29 is 37.3 Å². The predicted octanol–water partition coefficient (Wildman–Crippen LogP) is -3.31. The Kier molecular flexibility index (Phi) is 8.06. The number of anilines is 1. The number of thiazole rings is 1. The summed E-state index contributed by atoms with van der Waals surface area (Å²) in [5.41, 5.74) is 8.94. The molecule has 2 aromatic rings. The SMILES string of the molecule is NCCCNCc1nnn(CC2[C@H](NC(=O)/C(=N\OC3(C(=O)O)CC3)c3csc(N)n3)C(=O)N2S(=O)(=O)O)n1. The first-order valence-electron chi connectivity index (χ1n) is 11.4. The standard InChI is InChI=1S/C18H25N11O8S2/c19-4-1-5-21-6-11-24-27-28(25-11)7-10-13(15(31)29(10)39(34,35)36)23-14(30)12(9-8-38-17(20)22-9)26-37-18(2-3-18)16(32)33/h8,10,13,21H,1-7,19H2,(H2,20,22)(H,23,30)(H,32,33)(H,34,35,36)/b26-12-/t10?,13-/m0/s1. The van der Waals surface area contributed by atoms with Crippen LogP contribution in [0.15, 0.2) is 10.5 Å². The van der Waals surface area contributed by atoms with Crippen LogP contribution in [0.2, 0.25) is 0 Å². The molecular formula is C18H25N11O8S2. The number of carboxylic acids is 1. The van der Waals surface area contributed by atoms with Crippen molar-refractivity contribution in [1.29, 1.82) is 0 Å². The molecule has 21 heteroatoms. The predicted molar refractivity (Wildman–Crippen MR) is 131 cm³/mol. The Balaban J connectivity index is 1.51. The largest absolute Gasteiger partial charge is 0.478 e. The van der Waals surface area contributed by atoms with Crippen molar-refractivity contribution in [1.82, 2.24) is 40.1 Å². The molecule has 8 N–H and O–H groups in total. The van der Waals surface area contributed by atoms with Crippen molar-refractivity contribution in [2.24, 2.45) is 10.9 Å². The molecule has 0 radical (unpaired) electrons. The van der Waals surface area contributed by atoms with Crippen molar-refractivity contribution >= 4 is 50.3 Å². The summed E-state index contributed by atoms with van der Waals surface area (Å²) in [7, 11) is -5.00. The average Bonchev–Trinajstić information content (AvgIpc) is 3.33. The van der Waals surface area contributed by atoms with Gasteiger partial charge in [-0.25, -0.2) is 14.1 Å². The third-order valence-corrected chi connectivity index (χ3v) is 7.40. The van der Waals surface area contributed by atoms with Crippen molar-refractivity contribution in [3.05, 3.63) is 16.9 Å². The first-order valence-corrected chi connectivity index (χ1v) is 13.7. The van der Waals surface area contributed by atoms with E-state index in [1.165, 1.54) is 5.38 Å². The Bertz CT molecular complexity index is 1390. The Morgan fingerprint density at radius 3 is 2.69 bits per heavy atom. The highest BCUT2D eigenvalue weighted by Crippen LogP contribution is 2.40. The van der Waals surface area contributed by atoms with E-state index in [0.717, 1.165) is 22.6 Å². The number of amides is 2. The summed E-state index contributed by atoms with van der Waals surface area (Å²) in [6.45, 7) is 0.996. The number of tetrazole rings is 1. The molecule has 1 saturated carbocycles. The molecule has 1 aliphatic heterocycles. The molecule has 2 fully saturated rings. The first-order chi connectivity index (χ1) is 18.4. The third-order valence-electron chi connectivity index (χ3n) is 5.78. The van der Waals surface area contributed by atoms with Gasteiger partial charge in [-0.15, -0.1) is 21.5 Å². The van der Waals surface area contributed by atoms with Gasteiger partial charge in [0.25, 0.3) is 11.8 Å². The van der Waals surface area contributed by atoms with E-state index in [9.17, 15) is 32.5 Å². The number of rotatable bonds is 14. The Morgan fingerprint density at radius 2 is 2.10 bits per heavy atom. The van der Waals surface area contributed by atoms with Crippen molar-refractivity contribution in [2.45, 2.75) is 50.0 Å².